The van der Waals surface area contributed by atoms with Crippen LogP contribution in [0.4, 0.5) is 5.69 Å². The van der Waals surface area contributed by atoms with Crippen molar-refractivity contribution in [1.29, 1.82) is 5.26 Å². The Morgan fingerprint density at radius 1 is 1.13 bits per heavy atom. The van der Waals surface area contributed by atoms with Gasteiger partial charge in [0.2, 0.25) is 0 Å². The number of amides is 1. The molecule has 156 valence electrons. The molecule has 6 nitrogen and oxygen atoms in total. The summed E-state index contributed by atoms with van der Waals surface area (Å²) in [4.78, 5) is 29.0. The third-order valence-corrected chi connectivity index (χ3v) is 5.00. The first-order chi connectivity index (χ1) is 14.5. The van der Waals surface area contributed by atoms with Crippen LogP contribution in [0, 0.1) is 11.3 Å². The van der Waals surface area contributed by atoms with Gasteiger partial charge in [-0.25, -0.2) is 0 Å². The van der Waals surface area contributed by atoms with Crippen LogP contribution in [0.2, 0.25) is 0 Å². The van der Waals surface area contributed by atoms with Crippen molar-refractivity contribution in [2.75, 3.05) is 31.1 Å². The SMILES string of the molecule is C=C/C=c1\c(=C)c(N2CCN(C(=O)c3ccccc3)CC2)c(C#N)c(=O)n1C.CC. The van der Waals surface area contributed by atoms with Gasteiger partial charge in [-0.1, -0.05) is 51.3 Å². The number of piperazine rings is 1. The molecule has 0 saturated carbocycles. The van der Waals surface area contributed by atoms with Crippen LogP contribution in [-0.2, 0) is 7.05 Å². The van der Waals surface area contributed by atoms with Crippen LogP contribution in [0.15, 0.2) is 47.8 Å². The Morgan fingerprint density at radius 3 is 2.27 bits per heavy atom. The van der Waals surface area contributed by atoms with E-state index in [4.69, 9.17) is 0 Å². The Balaban J connectivity index is 0.00000155. The normalized spacial score (nSPS) is 13.9. The molecule has 0 atom stereocenters. The minimum absolute atomic E-state index is 0.0136. The summed E-state index contributed by atoms with van der Waals surface area (Å²) < 4.78 is 1.42. The predicted molar refractivity (Wildman–Crippen MR) is 122 cm³/mol. The summed E-state index contributed by atoms with van der Waals surface area (Å²) in [5.74, 6) is -0.0136. The summed E-state index contributed by atoms with van der Waals surface area (Å²) in [6.45, 7) is 13.9. The van der Waals surface area contributed by atoms with Crippen LogP contribution < -0.4 is 21.0 Å². The summed E-state index contributed by atoms with van der Waals surface area (Å²) in [7, 11) is 1.62. The van der Waals surface area contributed by atoms with E-state index in [1.165, 1.54) is 4.57 Å². The fraction of sp³-hybridized carbons (Fsp3) is 0.292. The predicted octanol–water partition coefficient (Wildman–Crippen LogP) is 1.62. The number of nitrogens with zero attached hydrogens (tertiary/aromatic N) is 4. The molecule has 1 fully saturated rings. The Morgan fingerprint density at radius 2 is 1.73 bits per heavy atom. The monoisotopic (exact) mass is 404 g/mol. The number of benzene rings is 1. The van der Waals surface area contributed by atoms with E-state index in [-0.39, 0.29) is 17.0 Å². The number of rotatable bonds is 3. The van der Waals surface area contributed by atoms with Gasteiger partial charge < -0.3 is 14.4 Å². The number of hydrogen-bond donors (Lipinski definition) is 0. The molecule has 2 heterocycles. The quantitative estimate of drug-likeness (QED) is 0.780. The highest BCUT2D eigenvalue weighted by molar-refractivity contribution is 5.94. The highest BCUT2D eigenvalue weighted by Crippen LogP contribution is 2.15. The van der Waals surface area contributed by atoms with Crippen LogP contribution in [0.3, 0.4) is 0 Å². The van der Waals surface area contributed by atoms with Crippen molar-refractivity contribution in [3.63, 3.8) is 0 Å². The summed E-state index contributed by atoms with van der Waals surface area (Å²) in [5, 5.41) is 10.8. The minimum Gasteiger partial charge on any atom is -0.366 e. The van der Waals surface area contributed by atoms with E-state index in [0.717, 1.165) is 0 Å². The van der Waals surface area contributed by atoms with E-state index >= 15 is 0 Å². The highest BCUT2D eigenvalue weighted by atomic mass is 16.2. The molecule has 3 rings (SSSR count). The van der Waals surface area contributed by atoms with Crippen molar-refractivity contribution < 1.29 is 4.79 Å². The van der Waals surface area contributed by atoms with Crippen LogP contribution in [0.5, 0.6) is 0 Å². The smallest absolute Gasteiger partial charge is 0.270 e. The average molecular weight is 405 g/mol. The number of nitriles is 1. The van der Waals surface area contributed by atoms with E-state index in [1.54, 1.807) is 36.2 Å². The van der Waals surface area contributed by atoms with E-state index in [1.807, 2.05) is 43.0 Å². The molecule has 6 heteroatoms. The third-order valence-electron chi connectivity index (χ3n) is 5.00. The molecule has 0 unspecified atom stereocenters. The Labute approximate surface area is 177 Å². The second-order valence-electron chi connectivity index (χ2n) is 6.61. The summed E-state index contributed by atoms with van der Waals surface area (Å²) >= 11 is 0. The van der Waals surface area contributed by atoms with Gasteiger partial charge in [0.05, 0.1) is 11.0 Å². The molecule has 0 radical (unpaired) electrons. The maximum absolute atomic E-state index is 12.6. The molecule has 2 aromatic rings. The van der Waals surface area contributed by atoms with Gasteiger partial charge in [-0.2, -0.15) is 5.26 Å². The fourth-order valence-electron chi connectivity index (χ4n) is 3.52. The Bertz CT molecular complexity index is 1120. The maximum atomic E-state index is 12.6. The van der Waals surface area contributed by atoms with Crippen molar-refractivity contribution in [3.05, 3.63) is 75.0 Å². The topological polar surface area (TPSA) is 69.3 Å². The summed E-state index contributed by atoms with van der Waals surface area (Å²) in [6.07, 6.45) is 3.30. The number of allylic oxidation sites excluding steroid dienone is 1. The molecule has 1 aromatic carbocycles. The van der Waals surface area contributed by atoms with Crippen LogP contribution >= 0.6 is 0 Å². The van der Waals surface area contributed by atoms with Crippen molar-refractivity contribution in [3.8, 4) is 6.07 Å². The average Bonchev–Trinajstić information content (AvgIpc) is 2.80. The summed E-state index contributed by atoms with van der Waals surface area (Å²) in [6, 6.07) is 11.2. The first kappa shape index (κ1) is 22.7. The van der Waals surface area contributed by atoms with Gasteiger partial charge in [0.15, 0.2) is 0 Å². The number of hydrogen-bond acceptors (Lipinski definition) is 4. The first-order valence-corrected chi connectivity index (χ1v) is 10.0. The highest BCUT2D eigenvalue weighted by Gasteiger charge is 2.25. The number of aromatic nitrogens is 1. The van der Waals surface area contributed by atoms with Crippen LogP contribution in [0.1, 0.15) is 29.8 Å². The molecule has 0 bridgehead atoms. The lowest BCUT2D eigenvalue weighted by atomic mass is 10.1. The number of carbonyl (C=O) groups is 1. The van der Waals surface area contributed by atoms with Crippen molar-refractivity contribution in [2.24, 2.45) is 7.05 Å². The molecule has 1 aliphatic heterocycles. The van der Waals surface area contributed by atoms with E-state index in [9.17, 15) is 14.9 Å². The maximum Gasteiger partial charge on any atom is 0.270 e. The zero-order valence-electron chi connectivity index (χ0n) is 17.9. The van der Waals surface area contributed by atoms with Crippen molar-refractivity contribution >= 4 is 24.2 Å². The van der Waals surface area contributed by atoms with Crippen molar-refractivity contribution in [2.45, 2.75) is 13.8 Å². The summed E-state index contributed by atoms with van der Waals surface area (Å²) in [5.41, 5.74) is 0.922. The van der Waals surface area contributed by atoms with Gasteiger partial charge in [-0.3, -0.25) is 9.59 Å². The zero-order chi connectivity index (χ0) is 22.3. The molecule has 1 aromatic heterocycles. The zero-order valence-corrected chi connectivity index (χ0v) is 17.9. The molecule has 1 saturated heterocycles. The van der Waals surface area contributed by atoms with E-state index in [2.05, 4.69) is 13.2 Å². The number of pyridine rings is 1. The number of carbonyl (C=O) groups excluding carboxylic acids is 1. The molecule has 1 aliphatic rings. The second-order valence-corrected chi connectivity index (χ2v) is 6.61. The van der Waals surface area contributed by atoms with Gasteiger partial charge in [0.25, 0.3) is 11.5 Å². The molecule has 30 heavy (non-hydrogen) atoms. The van der Waals surface area contributed by atoms with Crippen molar-refractivity contribution in [1.82, 2.24) is 9.47 Å². The molecular weight excluding hydrogens is 376 g/mol. The molecule has 0 aliphatic carbocycles. The Hall–Kier alpha value is -3.59. The van der Waals surface area contributed by atoms with Crippen LogP contribution in [0.25, 0.3) is 12.7 Å². The largest absolute Gasteiger partial charge is 0.366 e. The third kappa shape index (κ3) is 4.36. The fourth-order valence-corrected chi connectivity index (χ4v) is 3.52. The molecule has 0 spiro atoms. The standard InChI is InChI=1S/C22H22N4O2.C2H6/c1-4-8-19-16(2)20(18(15-23)22(28)24(19)3)25-11-13-26(14-12-25)21(27)17-9-6-5-7-10-17;1-2/h4-10H,1-2,11-14H2,3H3;1-2H3/b19-8+;. The van der Waals surface area contributed by atoms with Gasteiger partial charge in [-0.15, -0.1) is 0 Å². The molecule has 0 N–H and O–H groups in total. The lowest BCUT2D eigenvalue weighted by molar-refractivity contribution is 0.0746. The van der Waals surface area contributed by atoms with Gasteiger partial charge in [0, 0.05) is 44.0 Å². The lowest BCUT2D eigenvalue weighted by Crippen LogP contribution is -2.53. The second kappa shape index (κ2) is 10.3. The Kier molecular flexibility index (Phi) is 7.76. The van der Waals surface area contributed by atoms with Gasteiger partial charge >= 0.3 is 0 Å². The number of anilines is 1. The van der Waals surface area contributed by atoms with Gasteiger partial charge in [0.1, 0.15) is 11.6 Å². The van der Waals surface area contributed by atoms with Gasteiger partial charge in [-0.05, 0) is 18.2 Å². The minimum atomic E-state index is -0.360. The van der Waals surface area contributed by atoms with E-state index < -0.39 is 0 Å². The van der Waals surface area contributed by atoms with E-state index in [0.29, 0.717) is 48.0 Å². The van der Waals surface area contributed by atoms with Crippen LogP contribution in [-0.4, -0.2) is 41.6 Å². The molecular formula is C24H28N4O2. The lowest BCUT2D eigenvalue weighted by Gasteiger charge is -2.36. The first-order valence-electron chi connectivity index (χ1n) is 10.0. The molecule has 1 amide bonds.